The van der Waals surface area contributed by atoms with Gasteiger partial charge in [0.05, 0.1) is 5.41 Å². The fourth-order valence-electron chi connectivity index (χ4n) is 4.34. The number of oxazole rings is 1. The summed E-state index contributed by atoms with van der Waals surface area (Å²) >= 11 is 0. The molecule has 28 heavy (non-hydrogen) atoms. The van der Waals surface area contributed by atoms with Gasteiger partial charge in [0, 0.05) is 12.6 Å². The fourth-order valence-corrected chi connectivity index (χ4v) is 4.34. The average molecular weight is 378 g/mol. The molecule has 1 fully saturated rings. The minimum atomic E-state index is -0.551. The number of benzene rings is 2. The van der Waals surface area contributed by atoms with Gasteiger partial charge in [0.1, 0.15) is 18.7 Å². The van der Waals surface area contributed by atoms with E-state index in [1.165, 1.54) is 0 Å². The quantitative estimate of drug-likeness (QED) is 0.733. The molecule has 1 N–H and O–H groups in total. The van der Waals surface area contributed by atoms with Gasteiger partial charge in [0.25, 0.3) is 0 Å². The average Bonchev–Trinajstić information content (AvgIpc) is 3.34. The van der Waals surface area contributed by atoms with E-state index in [1.807, 2.05) is 43.3 Å². The zero-order valence-corrected chi connectivity index (χ0v) is 15.8. The summed E-state index contributed by atoms with van der Waals surface area (Å²) in [5, 5.41) is 3.11. The molecule has 2 aliphatic rings. The number of fused-ring (bicyclic) bond motifs is 2. The molecule has 0 saturated heterocycles. The summed E-state index contributed by atoms with van der Waals surface area (Å²) in [4.78, 5) is 17.8. The van der Waals surface area contributed by atoms with E-state index < -0.39 is 5.41 Å². The molecule has 6 heteroatoms. The van der Waals surface area contributed by atoms with Crippen LogP contribution in [0.1, 0.15) is 37.1 Å². The summed E-state index contributed by atoms with van der Waals surface area (Å²) in [6, 6.07) is 11.5. The Hall–Kier alpha value is -3.02. The number of anilines is 1. The second-order valence-electron chi connectivity index (χ2n) is 7.52. The lowest BCUT2D eigenvalue weighted by atomic mass is 9.77. The molecular weight excluding hydrogens is 356 g/mol. The van der Waals surface area contributed by atoms with Crippen LogP contribution in [0.15, 0.2) is 40.8 Å². The van der Waals surface area contributed by atoms with Crippen LogP contribution in [0.3, 0.4) is 0 Å². The van der Waals surface area contributed by atoms with E-state index >= 15 is 0 Å². The molecule has 0 spiro atoms. The highest BCUT2D eigenvalue weighted by atomic mass is 16.6. The molecule has 5 rings (SSSR count). The summed E-state index contributed by atoms with van der Waals surface area (Å²) in [5.41, 5.74) is 2.64. The van der Waals surface area contributed by atoms with Crippen molar-refractivity contribution in [1.82, 2.24) is 4.98 Å². The van der Waals surface area contributed by atoms with Crippen molar-refractivity contribution in [1.29, 1.82) is 0 Å². The van der Waals surface area contributed by atoms with Gasteiger partial charge in [0.2, 0.25) is 5.91 Å². The van der Waals surface area contributed by atoms with Crippen molar-refractivity contribution in [2.45, 2.75) is 38.0 Å². The summed E-state index contributed by atoms with van der Waals surface area (Å²) < 4.78 is 16.9. The Labute approximate surface area is 162 Å². The molecule has 2 aromatic carbocycles. The molecule has 1 saturated carbocycles. The lowest BCUT2D eigenvalue weighted by Gasteiger charge is -2.30. The SMILES string of the molecule is Cc1nc2cc(NC(=O)C3(c4ccc5c(c4)OCCO5)CCCC3)ccc2o1. The van der Waals surface area contributed by atoms with Gasteiger partial charge in [-0.15, -0.1) is 0 Å². The van der Waals surface area contributed by atoms with Crippen LogP contribution in [0.5, 0.6) is 11.5 Å². The Morgan fingerprint density at radius 3 is 2.64 bits per heavy atom. The van der Waals surface area contributed by atoms with Crippen LogP contribution in [0.25, 0.3) is 11.1 Å². The van der Waals surface area contributed by atoms with E-state index in [1.54, 1.807) is 0 Å². The van der Waals surface area contributed by atoms with Gasteiger partial charge >= 0.3 is 0 Å². The lowest BCUT2D eigenvalue weighted by molar-refractivity contribution is -0.121. The molecule has 1 amide bonds. The number of rotatable bonds is 3. The van der Waals surface area contributed by atoms with Gasteiger partial charge in [-0.2, -0.15) is 0 Å². The van der Waals surface area contributed by atoms with Crippen LogP contribution in [-0.4, -0.2) is 24.1 Å². The number of aryl methyl sites for hydroxylation is 1. The Bertz CT molecular complexity index is 1050. The van der Waals surface area contributed by atoms with Crippen LogP contribution in [0.4, 0.5) is 5.69 Å². The molecule has 1 aliphatic heterocycles. The molecule has 1 aromatic heterocycles. The van der Waals surface area contributed by atoms with Crippen molar-refractivity contribution in [2.75, 3.05) is 18.5 Å². The third-order valence-electron chi connectivity index (χ3n) is 5.74. The van der Waals surface area contributed by atoms with Gasteiger partial charge in [0.15, 0.2) is 23.0 Å². The van der Waals surface area contributed by atoms with Gasteiger partial charge in [-0.1, -0.05) is 18.9 Å². The number of nitrogens with one attached hydrogen (secondary N) is 1. The largest absolute Gasteiger partial charge is 0.486 e. The first kappa shape index (κ1) is 17.1. The van der Waals surface area contributed by atoms with Crippen LogP contribution in [0.2, 0.25) is 0 Å². The number of carbonyl (C=O) groups excluding carboxylic acids is 1. The smallest absolute Gasteiger partial charge is 0.235 e. The van der Waals surface area contributed by atoms with Crippen molar-refractivity contribution in [3.8, 4) is 11.5 Å². The molecule has 144 valence electrons. The second kappa shape index (κ2) is 6.55. The number of carbonyl (C=O) groups is 1. The Morgan fingerprint density at radius 2 is 1.82 bits per heavy atom. The maximum absolute atomic E-state index is 13.4. The summed E-state index contributed by atoms with van der Waals surface area (Å²) in [5.74, 6) is 2.10. The Balaban J connectivity index is 1.47. The van der Waals surface area contributed by atoms with Crippen molar-refractivity contribution in [3.05, 3.63) is 47.9 Å². The predicted octanol–water partition coefficient (Wildman–Crippen LogP) is 4.36. The van der Waals surface area contributed by atoms with Crippen LogP contribution < -0.4 is 14.8 Å². The molecule has 2 heterocycles. The standard InChI is InChI=1S/C22H22N2O4/c1-14-23-17-13-16(5-7-18(17)28-14)24-21(25)22(8-2-3-9-22)15-4-6-19-20(12-15)27-11-10-26-19/h4-7,12-13H,2-3,8-11H2,1H3,(H,24,25). The molecule has 1 aliphatic carbocycles. The number of amides is 1. The highest BCUT2D eigenvalue weighted by Gasteiger charge is 2.43. The van der Waals surface area contributed by atoms with E-state index in [0.717, 1.165) is 59.5 Å². The van der Waals surface area contributed by atoms with Crippen molar-refractivity contribution in [3.63, 3.8) is 0 Å². The Kier molecular flexibility index (Phi) is 4.00. The van der Waals surface area contributed by atoms with Gasteiger partial charge < -0.3 is 19.2 Å². The van der Waals surface area contributed by atoms with E-state index in [9.17, 15) is 4.79 Å². The third kappa shape index (κ3) is 2.80. The minimum absolute atomic E-state index is 0.0150. The van der Waals surface area contributed by atoms with Crippen molar-refractivity contribution < 1.29 is 18.7 Å². The number of nitrogens with zero attached hydrogens (tertiary/aromatic N) is 1. The summed E-state index contributed by atoms with van der Waals surface area (Å²) in [6.07, 6.45) is 3.71. The zero-order chi connectivity index (χ0) is 19.1. The molecule has 0 radical (unpaired) electrons. The molecule has 0 unspecified atom stereocenters. The number of aromatic nitrogens is 1. The van der Waals surface area contributed by atoms with E-state index in [4.69, 9.17) is 13.9 Å². The molecule has 0 bridgehead atoms. The molecule has 6 nitrogen and oxygen atoms in total. The Morgan fingerprint density at radius 1 is 1.04 bits per heavy atom. The topological polar surface area (TPSA) is 73.6 Å². The lowest BCUT2D eigenvalue weighted by Crippen LogP contribution is -2.38. The van der Waals surface area contributed by atoms with Crippen LogP contribution in [0, 0.1) is 6.92 Å². The van der Waals surface area contributed by atoms with E-state index in [0.29, 0.717) is 19.1 Å². The summed E-state index contributed by atoms with van der Waals surface area (Å²) in [6.45, 7) is 2.91. The fraction of sp³-hybridized carbons (Fsp3) is 0.364. The zero-order valence-electron chi connectivity index (χ0n) is 15.8. The highest BCUT2D eigenvalue weighted by Crippen LogP contribution is 2.45. The summed E-state index contributed by atoms with van der Waals surface area (Å²) in [7, 11) is 0. The van der Waals surface area contributed by atoms with E-state index in [-0.39, 0.29) is 5.91 Å². The van der Waals surface area contributed by atoms with Gasteiger partial charge in [-0.3, -0.25) is 4.79 Å². The number of hydrogen-bond donors (Lipinski definition) is 1. The first-order valence-corrected chi connectivity index (χ1v) is 9.73. The predicted molar refractivity (Wildman–Crippen MR) is 105 cm³/mol. The molecule has 0 atom stereocenters. The second-order valence-corrected chi connectivity index (χ2v) is 7.52. The highest BCUT2D eigenvalue weighted by molar-refractivity contribution is 6.00. The van der Waals surface area contributed by atoms with Gasteiger partial charge in [-0.25, -0.2) is 4.98 Å². The molecular formula is C22H22N2O4. The number of ether oxygens (including phenoxy) is 2. The minimum Gasteiger partial charge on any atom is -0.486 e. The first-order chi connectivity index (χ1) is 13.6. The van der Waals surface area contributed by atoms with Crippen LogP contribution >= 0.6 is 0 Å². The first-order valence-electron chi connectivity index (χ1n) is 9.73. The maximum atomic E-state index is 13.4. The van der Waals surface area contributed by atoms with Crippen LogP contribution in [-0.2, 0) is 10.2 Å². The van der Waals surface area contributed by atoms with Gasteiger partial charge in [-0.05, 0) is 48.7 Å². The van der Waals surface area contributed by atoms with E-state index in [2.05, 4.69) is 10.3 Å². The normalized spacial score (nSPS) is 17.6. The number of hydrogen-bond acceptors (Lipinski definition) is 5. The maximum Gasteiger partial charge on any atom is 0.235 e. The monoisotopic (exact) mass is 378 g/mol. The van der Waals surface area contributed by atoms with Crippen molar-refractivity contribution >= 4 is 22.7 Å². The molecule has 3 aromatic rings. The van der Waals surface area contributed by atoms with Crippen molar-refractivity contribution in [2.24, 2.45) is 0 Å². The third-order valence-corrected chi connectivity index (χ3v) is 5.74.